The number of benzene rings is 1. The van der Waals surface area contributed by atoms with Crippen LogP contribution in [0.2, 0.25) is 5.02 Å². The summed E-state index contributed by atoms with van der Waals surface area (Å²) in [7, 11) is 3.44. The Bertz CT molecular complexity index is 363. The summed E-state index contributed by atoms with van der Waals surface area (Å²) < 4.78 is 10.1. The number of rotatable bonds is 10. The molecule has 1 N–H and O–H groups in total. The summed E-state index contributed by atoms with van der Waals surface area (Å²) in [4.78, 5) is 1.24. The lowest BCUT2D eigenvalue weighted by molar-refractivity contribution is 0.199. The third-order valence-electron chi connectivity index (χ3n) is 2.58. The molecule has 0 unspecified atom stereocenters. The number of hydrogen-bond donors (Lipinski definition) is 1. The van der Waals surface area contributed by atoms with Gasteiger partial charge in [-0.25, -0.2) is 0 Å². The van der Waals surface area contributed by atoms with E-state index in [2.05, 4.69) is 11.4 Å². The molecule has 0 heterocycles. The van der Waals surface area contributed by atoms with E-state index in [0.29, 0.717) is 0 Å². The van der Waals surface area contributed by atoms with Crippen molar-refractivity contribution < 1.29 is 9.47 Å². The number of nitrogens with one attached hydrogen (secondary N) is 1. The quantitative estimate of drug-likeness (QED) is 0.531. The fourth-order valence-corrected chi connectivity index (χ4v) is 2.85. The second kappa shape index (κ2) is 10.5. The van der Waals surface area contributed by atoms with Gasteiger partial charge in [0.05, 0.1) is 6.61 Å². The standard InChI is InChI=1S/C14H22ClNO2S/c1-17-7-3-9-19-14-10-13(15)5-4-12(14)11-16-6-8-18-2/h4-5,10,16H,3,6-9,11H2,1-2H3. The van der Waals surface area contributed by atoms with Crippen molar-refractivity contribution in [3.8, 4) is 0 Å². The molecule has 5 heteroatoms. The average Bonchev–Trinajstić information content (AvgIpc) is 2.41. The van der Waals surface area contributed by atoms with Gasteiger partial charge < -0.3 is 14.8 Å². The van der Waals surface area contributed by atoms with Gasteiger partial charge in [0.2, 0.25) is 0 Å². The van der Waals surface area contributed by atoms with Gasteiger partial charge in [-0.2, -0.15) is 0 Å². The third kappa shape index (κ3) is 7.18. The van der Waals surface area contributed by atoms with Gasteiger partial charge in [0.1, 0.15) is 0 Å². The van der Waals surface area contributed by atoms with E-state index in [1.807, 2.05) is 23.9 Å². The average molecular weight is 304 g/mol. The van der Waals surface area contributed by atoms with Gasteiger partial charge in [-0.05, 0) is 24.1 Å². The Kier molecular flexibility index (Phi) is 9.30. The van der Waals surface area contributed by atoms with E-state index in [-0.39, 0.29) is 0 Å². The highest BCUT2D eigenvalue weighted by molar-refractivity contribution is 7.99. The van der Waals surface area contributed by atoms with E-state index in [1.165, 1.54) is 10.5 Å². The molecule has 0 atom stereocenters. The zero-order chi connectivity index (χ0) is 13.9. The molecule has 0 aliphatic heterocycles. The molecule has 0 bridgehead atoms. The van der Waals surface area contributed by atoms with Crippen LogP contribution in [0.25, 0.3) is 0 Å². The van der Waals surface area contributed by atoms with Crippen LogP contribution in [0.3, 0.4) is 0 Å². The molecule has 0 fully saturated rings. The molecule has 0 aliphatic rings. The minimum Gasteiger partial charge on any atom is -0.385 e. The summed E-state index contributed by atoms with van der Waals surface area (Å²) >= 11 is 7.89. The van der Waals surface area contributed by atoms with Crippen LogP contribution in [-0.2, 0) is 16.0 Å². The Labute approximate surface area is 125 Å². The summed E-state index contributed by atoms with van der Waals surface area (Å²) in [6.45, 7) is 3.22. The van der Waals surface area contributed by atoms with E-state index >= 15 is 0 Å². The molecule has 19 heavy (non-hydrogen) atoms. The molecule has 0 saturated carbocycles. The fourth-order valence-electron chi connectivity index (χ4n) is 1.59. The third-order valence-corrected chi connectivity index (χ3v) is 4.00. The molecule has 0 saturated heterocycles. The van der Waals surface area contributed by atoms with Crippen LogP contribution in [-0.4, -0.2) is 39.7 Å². The Balaban J connectivity index is 2.48. The van der Waals surface area contributed by atoms with Crippen molar-refractivity contribution in [2.75, 3.05) is 39.7 Å². The monoisotopic (exact) mass is 303 g/mol. The topological polar surface area (TPSA) is 30.5 Å². The Morgan fingerprint density at radius 1 is 1.21 bits per heavy atom. The molecule has 0 aliphatic carbocycles. The normalized spacial score (nSPS) is 10.9. The minimum absolute atomic E-state index is 0.726. The number of thioether (sulfide) groups is 1. The van der Waals surface area contributed by atoms with Gasteiger partial charge in [0, 0.05) is 49.6 Å². The smallest absolute Gasteiger partial charge is 0.0587 e. The molecule has 0 aromatic heterocycles. The molecule has 0 spiro atoms. The first kappa shape index (κ1) is 16.8. The molecule has 0 amide bonds. The van der Waals surface area contributed by atoms with Gasteiger partial charge in [-0.1, -0.05) is 17.7 Å². The van der Waals surface area contributed by atoms with Gasteiger partial charge >= 0.3 is 0 Å². The van der Waals surface area contributed by atoms with Crippen LogP contribution in [0, 0.1) is 0 Å². The summed E-state index contributed by atoms with van der Waals surface area (Å²) in [5.41, 5.74) is 1.28. The highest BCUT2D eigenvalue weighted by Gasteiger charge is 2.04. The number of halogens is 1. The van der Waals surface area contributed by atoms with Crippen molar-refractivity contribution in [2.24, 2.45) is 0 Å². The largest absolute Gasteiger partial charge is 0.385 e. The van der Waals surface area contributed by atoms with Crippen LogP contribution < -0.4 is 5.32 Å². The minimum atomic E-state index is 0.726. The number of ether oxygens (including phenoxy) is 2. The first-order valence-electron chi connectivity index (χ1n) is 6.37. The molecule has 1 rings (SSSR count). The summed E-state index contributed by atoms with van der Waals surface area (Å²) in [6, 6.07) is 6.06. The Morgan fingerprint density at radius 3 is 2.74 bits per heavy atom. The van der Waals surface area contributed by atoms with Crippen LogP contribution >= 0.6 is 23.4 Å². The van der Waals surface area contributed by atoms with Gasteiger partial charge in [0.15, 0.2) is 0 Å². The van der Waals surface area contributed by atoms with Crippen LogP contribution in [0.15, 0.2) is 23.1 Å². The first-order chi connectivity index (χ1) is 9.27. The molecule has 108 valence electrons. The first-order valence-corrected chi connectivity index (χ1v) is 7.74. The van der Waals surface area contributed by atoms with Crippen LogP contribution in [0.4, 0.5) is 0 Å². The zero-order valence-corrected chi connectivity index (χ0v) is 13.1. The maximum absolute atomic E-state index is 6.06. The predicted octanol–water partition coefficient (Wildman–Crippen LogP) is 3.20. The van der Waals surface area contributed by atoms with E-state index in [9.17, 15) is 0 Å². The maximum atomic E-state index is 6.06. The van der Waals surface area contributed by atoms with Gasteiger partial charge in [-0.15, -0.1) is 11.8 Å². The van der Waals surface area contributed by atoms with Crippen LogP contribution in [0.5, 0.6) is 0 Å². The highest BCUT2D eigenvalue weighted by atomic mass is 35.5. The molecular formula is C14H22ClNO2S. The van der Waals surface area contributed by atoms with Crippen LogP contribution in [0.1, 0.15) is 12.0 Å². The maximum Gasteiger partial charge on any atom is 0.0587 e. The van der Waals surface area contributed by atoms with E-state index in [0.717, 1.165) is 43.5 Å². The predicted molar refractivity (Wildman–Crippen MR) is 82.3 cm³/mol. The molecule has 3 nitrogen and oxygen atoms in total. The lowest BCUT2D eigenvalue weighted by Crippen LogP contribution is -2.18. The van der Waals surface area contributed by atoms with Gasteiger partial charge in [0.25, 0.3) is 0 Å². The van der Waals surface area contributed by atoms with E-state index < -0.39 is 0 Å². The van der Waals surface area contributed by atoms with Gasteiger partial charge in [-0.3, -0.25) is 0 Å². The van der Waals surface area contributed by atoms with E-state index in [4.69, 9.17) is 21.1 Å². The second-order valence-corrected chi connectivity index (χ2v) is 5.69. The van der Waals surface area contributed by atoms with Crippen molar-refractivity contribution >= 4 is 23.4 Å². The summed E-state index contributed by atoms with van der Waals surface area (Å²) in [5, 5.41) is 4.14. The van der Waals surface area contributed by atoms with Crippen molar-refractivity contribution in [3.63, 3.8) is 0 Å². The second-order valence-electron chi connectivity index (χ2n) is 4.12. The van der Waals surface area contributed by atoms with E-state index in [1.54, 1.807) is 14.2 Å². The van der Waals surface area contributed by atoms with Crippen molar-refractivity contribution in [1.29, 1.82) is 0 Å². The zero-order valence-electron chi connectivity index (χ0n) is 11.6. The fraction of sp³-hybridized carbons (Fsp3) is 0.571. The van der Waals surface area contributed by atoms with Crippen molar-refractivity contribution in [3.05, 3.63) is 28.8 Å². The van der Waals surface area contributed by atoms with Crippen molar-refractivity contribution in [2.45, 2.75) is 17.9 Å². The Hall–Kier alpha value is -0.260. The lowest BCUT2D eigenvalue weighted by Gasteiger charge is -2.11. The molecule has 1 aromatic rings. The molecular weight excluding hydrogens is 282 g/mol. The molecule has 1 aromatic carbocycles. The number of methoxy groups -OCH3 is 2. The Morgan fingerprint density at radius 2 is 2.00 bits per heavy atom. The number of hydrogen-bond acceptors (Lipinski definition) is 4. The highest BCUT2D eigenvalue weighted by Crippen LogP contribution is 2.26. The molecule has 0 radical (unpaired) electrons. The summed E-state index contributed by atoms with van der Waals surface area (Å²) in [5.74, 6) is 1.04. The van der Waals surface area contributed by atoms with Crippen molar-refractivity contribution in [1.82, 2.24) is 5.32 Å². The lowest BCUT2D eigenvalue weighted by atomic mass is 10.2. The summed E-state index contributed by atoms with van der Waals surface area (Å²) in [6.07, 6.45) is 1.05. The SMILES string of the molecule is COCCCSc1cc(Cl)ccc1CNCCOC.